The molecule has 0 fully saturated rings. The predicted molar refractivity (Wildman–Crippen MR) is 64.3 cm³/mol. The fourth-order valence-electron chi connectivity index (χ4n) is 1.80. The summed E-state index contributed by atoms with van der Waals surface area (Å²) in [5, 5.41) is 3.30. The number of allylic oxidation sites excluding steroid dienone is 1. The summed E-state index contributed by atoms with van der Waals surface area (Å²) in [6, 6.07) is -0.0625. The van der Waals surface area contributed by atoms with Gasteiger partial charge in [-0.25, -0.2) is 0 Å². The Hall–Kier alpha value is -0.840. The molecule has 0 aliphatic heterocycles. The van der Waals surface area contributed by atoms with Crippen LogP contribution in [0.5, 0.6) is 0 Å². The van der Waals surface area contributed by atoms with Gasteiger partial charge in [0.1, 0.15) is 0 Å². The Kier molecular flexibility index (Phi) is 3.90. The van der Waals surface area contributed by atoms with E-state index in [-0.39, 0.29) is 11.6 Å². The second-order valence-corrected chi connectivity index (χ2v) is 4.37. The predicted octanol–water partition coefficient (Wildman–Crippen LogP) is -0.364. The first kappa shape index (κ1) is 12.2. The Morgan fingerprint density at radius 3 is 2.67 bits per heavy atom. The van der Waals surface area contributed by atoms with Crippen LogP contribution in [-0.2, 0) is 0 Å². The minimum Gasteiger partial charge on any atom is -0.399 e. The van der Waals surface area contributed by atoms with Crippen LogP contribution in [0.1, 0.15) is 6.42 Å². The molecule has 0 heterocycles. The Morgan fingerprint density at radius 2 is 2.20 bits per heavy atom. The van der Waals surface area contributed by atoms with Crippen LogP contribution >= 0.6 is 0 Å². The maximum absolute atomic E-state index is 6.11. The Balaban J connectivity index is 2.73. The number of hydrogen-bond acceptors (Lipinski definition) is 4. The van der Waals surface area contributed by atoms with Gasteiger partial charge in [0.2, 0.25) is 0 Å². The van der Waals surface area contributed by atoms with E-state index in [2.05, 4.69) is 30.4 Å². The van der Waals surface area contributed by atoms with Crippen molar-refractivity contribution in [3.63, 3.8) is 0 Å². The molecule has 0 saturated heterocycles. The molecule has 0 aromatic rings. The quantitative estimate of drug-likeness (QED) is 0.592. The lowest BCUT2D eigenvalue weighted by Gasteiger charge is -2.37. The monoisotopic (exact) mass is 210 g/mol. The zero-order valence-electron chi connectivity index (χ0n) is 9.83. The smallest absolute Gasteiger partial charge is 0.0568 e. The summed E-state index contributed by atoms with van der Waals surface area (Å²) in [6.45, 7) is 0.993. The van der Waals surface area contributed by atoms with Gasteiger partial charge in [0.15, 0.2) is 0 Å². The van der Waals surface area contributed by atoms with Crippen LogP contribution in [0.3, 0.4) is 0 Å². The van der Waals surface area contributed by atoms with Crippen molar-refractivity contribution in [1.82, 2.24) is 10.2 Å². The summed E-state index contributed by atoms with van der Waals surface area (Å²) in [5.74, 6) is 0. The van der Waals surface area contributed by atoms with Gasteiger partial charge in [0, 0.05) is 11.7 Å². The van der Waals surface area contributed by atoms with Gasteiger partial charge in [-0.1, -0.05) is 6.08 Å². The number of nitrogens with zero attached hydrogens (tertiary/aromatic N) is 1. The lowest BCUT2D eigenvalue weighted by Crippen LogP contribution is -2.57. The minimum absolute atomic E-state index is 0.0625. The highest BCUT2D eigenvalue weighted by atomic mass is 15.1. The van der Waals surface area contributed by atoms with Crippen molar-refractivity contribution < 1.29 is 0 Å². The van der Waals surface area contributed by atoms with E-state index in [4.69, 9.17) is 11.5 Å². The topological polar surface area (TPSA) is 67.3 Å². The molecule has 5 N–H and O–H groups in total. The van der Waals surface area contributed by atoms with Crippen molar-refractivity contribution in [3.8, 4) is 0 Å². The van der Waals surface area contributed by atoms with E-state index in [1.807, 2.05) is 19.2 Å². The minimum atomic E-state index is -0.160. The summed E-state index contributed by atoms with van der Waals surface area (Å²) in [7, 11) is 6.06. The summed E-state index contributed by atoms with van der Waals surface area (Å²) in [6.07, 6.45) is 6.89. The van der Waals surface area contributed by atoms with Crippen LogP contribution in [0.4, 0.5) is 0 Å². The molecular formula is C11H22N4. The van der Waals surface area contributed by atoms with E-state index in [0.717, 1.165) is 18.7 Å². The summed E-state index contributed by atoms with van der Waals surface area (Å²) in [4.78, 5) is 2.15. The van der Waals surface area contributed by atoms with Gasteiger partial charge >= 0.3 is 0 Å². The highest BCUT2D eigenvalue weighted by Crippen LogP contribution is 2.22. The van der Waals surface area contributed by atoms with Gasteiger partial charge in [-0.3, -0.25) is 0 Å². The Morgan fingerprint density at radius 1 is 1.53 bits per heavy atom. The van der Waals surface area contributed by atoms with Crippen LogP contribution < -0.4 is 16.8 Å². The molecule has 4 heteroatoms. The number of nitrogens with two attached hydrogens (primary N) is 2. The average Bonchev–Trinajstić information content (AvgIpc) is 2.17. The van der Waals surface area contributed by atoms with Crippen molar-refractivity contribution in [2.45, 2.75) is 18.0 Å². The first-order valence-electron chi connectivity index (χ1n) is 5.26. The van der Waals surface area contributed by atoms with Crippen molar-refractivity contribution in [3.05, 3.63) is 23.9 Å². The summed E-state index contributed by atoms with van der Waals surface area (Å²) < 4.78 is 0. The molecule has 4 nitrogen and oxygen atoms in total. The van der Waals surface area contributed by atoms with E-state index in [1.54, 1.807) is 0 Å². The molecule has 15 heavy (non-hydrogen) atoms. The zero-order valence-corrected chi connectivity index (χ0v) is 9.83. The molecule has 1 aliphatic rings. The number of nitrogens with one attached hydrogen (secondary N) is 1. The molecule has 0 aromatic carbocycles. The van der Waals surface area contributed by atoms with Crippen LogP contribution in [0.25, 0.3) is 0 Å². The molecule has 0 radical (unpaired) electrons. The summed E-state index contributed by atoms with van der Waals surface area (Å²) in [5.41, 5.74) is 12.4. The standard InChI is InChI=1S/C11H22N4/c1-14-11(6-7-15(2)3)5-4-9(12)8-10(11)13/h4-5,8,10,14H,6-7,12-13H2,1-3H3. The molecular weight excluding hydrogens is 188 g/mol. The molecule has 86 valence electrons. The third-order valence-electron chi connectivity index (χ3n) is 2.98. The second kappa shape index (κ2) is 4.79. The first-order chi connectivity index (χ1) is 7.00. The maximum atomic E-state index is 6.11. The first-order valence-corrected chi connectivity index (χ1v) is 5.26. The van der Waals surface area contributed by atoms with Crippen molar-refractivity contribution >= 4 is 0 Å². The fraction of sp³-hybridized carbons (Fsp3) is 0.636. The number of likely N-dealkylation sites (N-methyl/N-ethyl adjacent to an activating group) is 1. The molecule has 0 amide bonds. The SMILES string of the molecule is CNC1(CCN(C)C)C=CC(N)=CC1N. The van der Waals surface area contributed by atoms with Gasteiger partial charge < -0.3 is 21.7 Å². The highest BCUT2D eigenvalue weighted by Gasteiger charge is 2.33. The van der Waals surface area contributed by atoms with Crippen molar-refractivity contribution in [2.24, 2.45) is 11.5 Å². The molecule has 0 aromatic heterocycles. The van der Waals surface area contributed by atoms with Crippen LogP contribution in [0.2, 0.25) is 0 Å². The van der Waals surface area contributed by atoms with Crippen LogP contribution in [0.15, 0.2) is 23.9 Å². The van der Waals surface area contributed by atoms with E-state index >= 15 is 0 Å². The van der Waals surface area contributed by atoms with Crippen LogP contribution in [-0.4, -0.2) is 44.2 Å². The maximum Gasteiger partial charge on any atom is 0.0568 e. The Bertz CT molecular complexity index is 270. The zero-order chi connectivity index (χ0) is 11.5. The number of rotatable bonds is 4. The van der Waals surface area contributed by atoms with Gasteiger partial charge in [-0.2, -0.15) is 0 Å². The molecule has 0 spiro atoms. The normalized spacial score (nSPS) is 30.7. The van der Waals surface area contributed by atoms with Crippen molar-refractivity contribution in [1.29, 1.82) is 0 Å². The van der Waals surface area contributed by atoms with Gasteiger partial charge in [-0.15, -0.1) is 0 Å². The molecule has 2 atom stereocenters. The van der Waals surface area contributed by atoms with E-state index in [9.17, 15) is 0 Å². The number of hydrogen-bond donors (Lipinski definition) is 3. The molecule has 2 unspecified atom stereocenters. The van der Waals surface area contributed by atoms with Crippen molar-refractivity contribution in [2.75, 3.05) is 27.7 Å². The summed E-state index contributed by atoms with van der Waals surface area (Å²) >= 11 is 0. The molecule has 0 saturated carbocycles. The Labute approximate surface area is 92.0 Å². The lowest BCUT2D eigenvalue weighted by molar-refractivity contribution is 0.300. The third-order valence-corrected chi connectivity index (χ3v) is 2.98. The van der Waals surface area contributed by atoms with Crippen LogP contribution in [0, 0.1) is 0 Å². The van der Waals surface area contributed by atoms with E-state index in [0.29, 0.717) is 0 Å². The van der Waals surface area contributed by atoms with Gasteiger partial charge in [0.25, 0.3) is 0 Å². The fourth-order valence-corrected chi connectivity index (χ4v) is 1.80. The van der Waals surface area contributed by atoms with Gasteiger partial charge in [-0.05, 0) is 46.3 Å². The molecule has 1 rings (SSSR count). The largest absolute Gasteiger partial charge is 0.399 e. The van der Waals surface area contributed by atoms with E-state index in [1.165, 1.54) is 0 Å². The second-order valence-electron chi connectivity index (χ2n) is 4.37. The molecule has 1 aliphatic carbocycles. The highest BCUT2D eigenvalue weighted by molar-refractivity contribution is 5.32. The molecule has 0 bridgehead atoms. The third kappa shape index (κ3) is 2.81. The average molecular weight is 210 g/mol. The lowest BCUT2D eigenvalue weighted by atomic mass is 9.83. The van der Waals surface area contributed by atoms with E-state index < -0.39 is 0 Å². The van der Waals surface area contributed by atoms with Gasteiger partial charge in [0.05, 0.1) is 5.54 Å².